The molecule has 1 heterocycles. The van der Waals surface area contributed by atoms with Gasteiger partial charge in [0.2, 0.25) is 0 Å². The number of carbonyl (C=O) groups is 3. The number of anilines is 1. The lowest BCUT2D eigenvalue weighted by atomic mass is 10.0. The van der Waals surface area contributed by atoms with Gasteiger partial charge < -0.3 is 14.8 Å². The summed E-state index contributed by atoms with van der Waals surface area (Å²) >= 11 is 0. The molecule has 0 atom stereocenters. The molecule has 0 fully saturated rings. The molecule has 2 aromatic carbocycles. The number of carbonyl (C=O) groups excluding carboxylic acids is 3. The van der Waals surface area contributed by atoms with Crippen LogP contribution in [0.1, 0.15) is 26.3 Å². The Hall–Kier alpha value is -3.87. The number of nitrogens with zero attached hydrogens (tertiary/aromatic N) is 1. The molecular formula is C25H26N2O5. The van der Waals surface area contributed by atoms with Crippen molar-refractivity contribution >= 4 is 29.5 Å². The van der Waals surface area contributed by atoms with E-state index in [0.717, 1.165) is 0 Å². The maximum atomic E-state index is 13.2. The Morgan fingerprint density at radius 2 is 1.72 bits per heavy atom. The highest BCUT2D eigenvalue weighted by molar-refractivity contribution is 6.23. The number of benzene rings is 2. The van der Waals surface area contributed by atoms with Crippen LogP contribution >= 0.6 is 0 Å². The average Bonchev–Trinajstić information content (AvgIpc) is 3.02. The average molecular weight is 434 g/mol. The summed E-state index contributed by atoms with van der Waals surface area (Å²) in [4.78, 5) is 38.9. The second kappa shape index (κ2) is 9.96. The molecule has 2 amide bonds. The molecule has 7 nitrogen and oxygen atoms in total. The first-order valence-corrected chi connectivity index (χ1v) is 10.2. The minimum Gasteiger partial charge on any atom is -0.484 e. The monoisotopic (exact) mass is 434 g/mol. The Kier molecular flexibility index (Phi) is 7.10. The second-order valence-electron chi connectivity index (χ2n) is 7.57. The van der Waals surface area contributed by atoms with Gasteiger partial charge in [0.1, 0.15) is 5.75 Å². The van der Waals surface area contributed by atoms with Gasteiger partial charge in [-0.25, -0.2) is 4.79 Å². The molecule has 0 aromatic heterocycles. The fraction of sp³-hybridized carbons (Fsp3) is 0.240. The minimum absolute atomic E-state index is 0.0417. The molecule has 0 aliphatic carbocycles. The molecule has 0 radical (unpaired) electrons. The normalized spacial score (nSPS) is 14.8. The molecular weight excluding hydrogens is 408 g/mol. The van der Waals surface area contributed by atoms with E-state index in [1.54, 1.807) is 49.4 Å². The lowest BCUT2D eigenvalue weighted by Gasteiger charge is -2.17. The summed E-state index contributed by atoms with van der Waals surface area (Å²) in [6, 6.07) is 16.1. The van der Waals surface area contributed by atoms with Crippen molar-refractivity contribution in [3.05, 3.63) is 77.0 Å². The molecule has 0 saturated heterocycles. The first-order chi connectivity index (χ1) is 15.3. The van der Waals surface area contributed by atoms with Gasteiger partial charge in [-0.2, -0.15) is 0 Å². The highest BCUT2D eigenvalue weighted by Crippen LogP contribution is 2.35. The second-order valence-corrected chi connectivity index (χ2v) is 7.57. The number of nitrogens with one attached hydrogen (secondary N) is 1. The van der Waals surface area contributed by atoms with Crippen LogP contribution in [0.25, 0.3) is 6.08 Å². The van der Waals surface area contributed by atoms with E-state index in [9.17, 15) is 14.4 Å². The van der Waals surface area contributed by atoms with Crippen molar-refractivity contribution in [1.82, 2.24) is 5.32 Å². The number of ether oxygens (including phenoxy) is 2. The van der Waals surface area contributed by atoms with Gasteiger partial charge in [-0.15, -0.1) is 0 Å². The zero-order valence-corrected chi connectivity index (χ0v) is 18.5. The highest BCUT2D eigenvalue weighted by Gasteiger charge is 2.37. The van der Waals surface area contributed by atoms with Gasteiger partial charge in [0.25, 0.3) is 11.8 Å². The van der Waals surface area contributed by atoms with Gasteiger partial charge in [0, 0.05) is 17.4 Å². The molecule has 2 aromatic rings. The van der Waals surface area contributed by atoms with Crippen molar-refractivity contribution in [3.8, 4) is 5.75 Å². The van der Waals surface area contributed by atoms with E-state index in [1.165, 1.54) is 12.0 Å². The summed E-state index contributed by atoms with van der Waals surface area (Å²) in [7, 11) is 1.29. The molecule has 7 heteroatoms. The van der Waals surface area contributed by atoms with E-state index in [2.05, 4.69) is 5.32 Å². The van der Waals surface area contributed by atoms with Crippen molar-refractivity contribution in [2.24, 2.45) is 0 Å². The van der Waals surface area contributed by atoms with E-state index in [1.807, 2.05) is 32.0 Å². The molecule has 0 spiro atoms. The Labute approximate surface area is 187 Å². The number of rotatable bonds is 7. The number of allylic oxidation sites excluding steroid dienone is 1. The van der Waals surface area contributed by atoms with Crippen LogP contribution < -0.4 is 15.0 Å². The number of hydrogen-bond acceptors (Lipinski definition) is 5. The quantitative estimate of drug-likeness (QED) is 0.533. The summed E-state index contributed by atoms with van der Waals surface area (Å²) in [5, 5.41) is 2.76. The summed E-state index contributed by atoms with van der Waals surface area (Å²) in [5.74, 6) is -0.557. The van der Waals surface area contributed by atoms with Crippen LogP contribution in [-0.4, -0.2) is 37.5 Å². The molecule has 0 bridgehead atoms. The van der Waals surface area contributed by atoms with E-state index in [4.69, 9.17) is 9.47 Å². The number of hydrogen-bond donors (Lipinski definition) is 1. The third kappa shape index (κ3) is 5.06. The highest BCUT2D eigenvalue weighted by atomic mass is 16.5. The summed E-state index contributed by atoms with van der Waals surface area (Å²) in [5.41, 5.74) is 2.37. The van der Waals surface area contributed by atoms with Crippen molar-refractivity contribution in [1.29, 1.82) is 0 Å². The Bertz CT molecular complexity index is 1070. The smallest absolute Gasteiger partial charge is 0.340 e. The van der Waals surface area contributed by atoms with Crippen LogP contribution in [-0.2, 0) is 19.1 Å². The van der Waals surface area contributed by atoms with Crippen LogP contribution in [0.3, 0.4) is 0 Å². The standard InChI is InChI=1S/C25H26N2O5/c1-16(2)26-22(28)15-32-20-12-10-18(11-13-20)14-21-23(25(30)31-4)17(3)27(24(21)29)19-8-6-5-7-9-19/h5-14,16H,15H2,1-4H3,(H,26,28). The molecule has 0 unspecified atom stereocenters. The first-order valence-electron chi connectivity index (χ1n) is 10.2. The molecule has 1 aliphatic rings. The van der Waals surface area contributed by atoms with Gasteiger partial charge in [0.15, 0.2) is 6.61 Å². The van der Waals surface area contributed by atoms with E-state index in [0.29, 0.717) is 22.7 Å². The minimum atomic E-state index is -0.573. The van der Waals surface area contributed by atoms with Gasteiger partial charge >= 0.3 is 5.97 Å². The fourth-order valence-electron chi connectivity index (χ4n) is 3.41. The number of esters is 1. The summed E-state index contributed by atoms with van der Waals surface area (Å²) < 4.78 is 10.4. The first kappa shape index (κ1) is 22.8. The number of para-hydroxylation sites is 1. The molecule has 3 rings (SSSR count). The predicted molar refractivity (Wildman–Crippen MR) is 122 cm³/mol. The molecule has 1 aliphatic heterocycles. The van der Waals surface area contributed by atoms with E-state index >= 15 is 0 Å². The van der Waals surface area contributed by atoms with Gasteiger partial charge in [-0.3, -0.25) is 14.5 Å². The molecule has 166 valence electrons. The Morgan fingerprint density at radius 1 is 1.06 bits per heavy atom. The number of amides is 2. The largest absolute Gasteiger partial charge is 0.484 e. The van der Waals surface area contributed by atoms with Crippen molar-refractivity contribution in [3.63, 3.8) is 0 Å². The number of methoxy groups -OCH3 is 1. The third-order valence-corrected chi connectivity index (χ3v) is 4.81. The third-order valence-electron chi connectivity index (χ3n) is 4.81. The maximum Gasteiger partial charge on any atom is 0.340 e. The van der Waals surface area contributed by atoms with Crippen LogP contribution in [0.5, 0.6) is 5.75 Å². The van der Waals surface area contributed by atoms with Crippen molar-refractivity contribution in [2.45, 2.75) is 26.8 Å². The topological polar surface area (TPSA) is 84.9 Å². The zero-order chi connectivity index (χ0) is 23.3. The van der Waals surface area contributed by atoms with Crippen LogP contribution in [0, 0.1) is 0 Å². The molecule has 0 saturated carbocycles. The van der Waals surface area contributed by atoms with Crippen molar-refractivity contribution < 1.29 is 23.9 Å². The molecule has 1 N–H and O–H groups in total. The van der Waals surface area contributed by atoms with Crippen LogP contribution in [0.4, 0.5) is 5.69 Å². The van der Waals surface area contributed by atoms with Gasteiger partial charge in [0.05, 0.1) is 18.3 Å². The Balaban J connectivity index is 1.85. The maximum absolute atomic E-state index is 13.2. The fourth-order valence-corrected chi connectivity index (χ4v) is 3.41. The zero-order valence-electron chi connectivity index (χ0n) is 18.5. The van der Waals surface area contributed by atoms with Gasteiger partial charge in [-0.1, -0.05) is 30.3 Å². The van der Waals surface area contributed by atoms with Gasteiger partial charge in [-0.05, 0) is 56.7 Å². The van der Waals surface area contributed by atoms with Crippen LogP contribution in [0.15, 0.2) is 71.4 Å². The summed E-state index contributed by atoms with van der Waals surface area (Å²) in [6.07, 6.45) is 1.65. The Morgan fingerprint density at radius 3 is 2.31 bits per heavy atom. The molecule has 32 heavy (non-hydrogen) atoms. The SMILES string of the molecule is COC(=O)C1=C(C)N(c2ccccc2)C(=O)C1=Cc1ccc(OCC(=O)NC(C)C)cc1. The lowest BCUT2D eigenvalue weighted by Crippen LogP contribution is -2.34. The summed E-state index contributed by atoms with van der Waals surface area (Å²) in [6.45, 7) is 5.39. The van der Waals surface area contributed by atoms with Crippen LogP contribution in [0.2, 0.25) is 0 Å². The predicted octanol–water partition coefficient (Wildman–Crippen LogP) is 3.47. The lowest BCUT2D eigenvalue weighted by molar-refractivity contribution is -0.136. The van der Waals surface area contributed by atoms with E-state index < -0.39 is 5.97 Å². The van der Waals surface area contributed by atoms with E-state index in [-0.39, 0.29) is 35.6 Å². The van der Waals surface area contributed by atoms with Crippen molar-refractivity contribution in [2.75, 3.05) is 18.6 Å².